The molecule has 4 nitrogen and oxygen atoms in total. The van der Waals surface area contributed by atoms with E-state index in [1.54, 1.807) is 22.6 Å². The fraction of sp³-hybridized carbons (Fsp3) is 0.250. The average Bonchev–Trinajstić information content (AvgIpc) is 2.10. The molecule has 1 rings (SSSR count). The number of carboxylic acid groups (broad SMARTS) is 1. The SMILES string of the molecule is Nc1c(I)cnc(CC(=O)O)c1C(F)F. The van der Waals surface area contributed by atoms with Crippen molar-refractivity contribution in [3.63, 3.8) is 0 Å². The van der Waals surface area contributed by atoms with Crippen LogP contribution in [0.2, 0.25) is 0 Å². The quantitative estimate of drug-likeness (QED) is 0.830. The van der Waals surface area contributed by atoms with Crippen LogP contribution in [0.25, 0.3) is 0 Å². The Morgan fingerprint density at radius 3 is 2.73 bits per heavy atom. The number of alkyl halides is 2. The molecule has 3 N–H and O–H groups in total. The summed E-state index contributed by atoms with van der Waals surface area (Å²) in [7, 11) is 0. The van der Waals surface area contributed by atoms with Crippen LogP contribution in [0.5, 0.6) is 0 Å². The van der Waals surface area contributed by atoms with Gasteiger partial charge in [-0.15, -0.1) is 0 Å². The molecule has 1 heterocycles. The van der Waals surface area contributed by atoms with Gasteiger partial charge in [-0.25, -0.2) is 8.78 Å². The molecule has 0 aliphatic carbocycles. The lowest BCUT2D eigenvalue weighted by atomic mass is 10.1. The monoisotopic (exact) mass is 328 g/mol. The van der Waals surface area contributed by atoms with Gasteiger partial charge in [-0.05, 0) is 22.6 Å². The van der Waals surface area contributed by atoms with E-state index in [0.717, 1.165) is 0 Å². The number of nitrogens with zero attached hydrogens (tertiary/aromatic N) is 1. The van der Waals surface area contributed by atoms with E-state index in [9.17, 15) is 13.6 Å². The molecule has 0 unspecified atom stereocenters. The number of carboxylic acids is 1. The fourth-order valence-electron chi connectivity index (χ4n) is 1.09. The number of halogens is 3. The second-order valence-corrected chi connectivity index (χ2v) is 3.91. The van der Waals surface area contributed by atoms with E-state index in [4.69, 9.17) is 10.8 Å². The van der Waals surface area contributed by atoms with Gasteiger partial charge in [-0.2, -0.15) is 0 Å². The summed E-state index contributed by atoms with van der Waals surface area (Å²) in [4.78, 5) is 14.1. The number of rotatable bonds is 3. The molecule has 0 aromatic carbocycles. The van der Waals surface area contributed by atoms with Crippen molar-refractivity contribution in [2.24, 2.45) is 0 Å². The van der Waals surface area contributed by atoms with Crippen LogP contribution in [0.1, 0.15) is 17.7 Å². The molecule has 0 aliphatic rings. The molecular weight excluding hydrogens is 321 g/mol. The van der Waals surface area contributed by atoms with Crippen LogP contribution in [0.3, 0.4) is 0 Å². The summed E-state index contributed by atoms with van der Waals surface area (Å²) in [5.41, 5.74) is 4.67. The number of anilines is 1. The van der Waals surface area contributed by atoms with Crippen LogP contribution < -0.4 is 5.73 Å². The van der Waals surface area contributed by atoms with E-state index in [1.165, 1.54) is 6.20 Å². The van der Waals surface area contributed by atoms with E-state index in [1.807, 2.05) is 0 Å². The predicted octanol–water partition coefficient (Wildman–Crippen LogP) is 1.83. The lowest BCUT2D eigenvalue weighted by Crippen LogP contribution is -2.10. The zero-order valence-electron chi connectivity index (χ0n) is 7.38. The van der Waals surface area contributed by atoms with E-state index >= 15 is 0 Å². The Morgan fingerprint density at radius 2 is 2.27 bits per heavy atom. The third-order valence-corrected chi connectivity index (χ3v) is 2.59. The Bertz CT molecular complexity index is 398. The smallest absolute Gasteiger partial charge is 0.309 e. The third-order valence-electron chi connectivity index (χ3n) is 1.73. The van der Waals surface area contributed by atoms with Crippen LogP contribution >= 0.6 is 22.6 Å². The van der Waals surface area contributed by atoms with Gasteiger partial charge in [0, 0.05) is 6.20 Å². The van der Waals surface area contributed by atoms with Crippen LogP contribution in [0, 0.1) is 3.57 Å². The van der Waals surface area contributed by atoms with Gasteiger partial charge in [-0.1, -0.05) is 0 Å². The normalized spacial score (nSPS) is 10.7. The maximum absolute atomic E-state index is 12.6. The average molecular weight is 328 g/mol. The van der Waals surface area contributed by atoms with Crippen molar-refractivity contribution in [1.82, 2.24) is 4.98 Å². The topological polar surface area (TPSA) is 76.2 Å². The van der Waals surface area contributed by atoms with Crippen molar-refractivity contribution >= 4 is 34.2 Å². The highest BCUT2D eigenvalue weighted by molar-refractivity contribution is 14.1. The Labute approximate surface area is 97.6 Å². The fourth-order valence-corrected chi connectivity index (χ4v) is 1.52. The van der Waals surface area contributed by atoms with E-state index < -0.39 is 24.4 Å². The highest BCUT2D eigenvalue weighted by Gasteiger charge is 2.21. The van der Waals surface area contributed by atoms with E-state index in [2.05, 4.69) is 4.98 Å². The zero-order chi connectivity index (χ0) is 11.6. The molecule has 0 amide bonds. The van der Waals surface area contributed by atoms with Crippen LogP contribution in [-0.4, -0.2) is 16.1 Å². The predicted molar refractivity (Wildman–Crippen MR) is 57.7 cm³/mol. The van der Waals surface area contributed by atoms with Crippen molar-refractivity contribution in [2.75, 3.05) is 5.73 Å². The number of carbonyl (C=O) groups is 1. The molecule has 1 aromatic rings. The molecule has 7 heteroatoms. The van der Waals surface area contributed by atoms with Gasteiger partial charge in [0.05, 0.1) is 26.9 Å². The molecule has 0 radical (unpaired) electrons. The summed E-state index contributed by atoms with van der Waals surface area (Å²) in [5, 5.41) is 8.51. The minimum absolute atomic E-state index is 0.100. The molecule has 0 atom stereocenters. The Morgan fingerprint density at radius 1 is 1.67 bits per heavy atom. The maximum Gasteiger partial charge on any atom is 0.309 e. The summed E-state index contributed by atoms with van der Waals surface area (Å²) in [6.07, 6.45) is -2.09. The van der Waals surface area contributed by atoms with E-state index in [-0.39, 0.29) is 11.4 Å². The number of hydrogen-bond donors (Lipinski definition) is 2. The zero-order valence-corrected chi connectivity index (χ0v) is 9.53. The van der Waals surface area contributed by atoms with Gasteiger partial charge in [0.1, 0.15) is 0 Å². The van der Waals surface area contributed by atoms with Gasteiger partial charge in [0.2, 0.25) is 0 Å². The number of pyridine rings is 1. The van der Waals surface area contributed by atoms with Crippen LogP contribution in [0.4, 0.5) is 14.5 Å². The molecule has 82 valence electrons. The Hall–Kier alpha value is -0.990. The lowest BCUT2D eigenvalue weighted by Gasteiger charge is -2.10. The van der Waals surface area contributed by atoms with Crippen LogP contribution in [-0.2, 0) is 11.2 Å². The Balaban J connectivity index is 3.26. The van der Waals surface area contributed by atoms with Crippen molar-refractivity contribution in [2.45, 2.75) is 12.8 Å². The molecular formula is C8H7F2IN2O2. The standard InChI is InChI=1S/C8H7F2IN2O2/c9-8(10)6-4(1-5(14)15)13-2-3(11)7(6)12/h2,8H,1H2,(H2,12,13)(H,14,15). The molecule has 0 fully saturated rings. The van der Waals surface area contributed by atoms with Crippen molar-refractivity contribution < 1.29 is 18.7 Å². The molecule has 15 heavy (non-hydrogen) atoms. The largest absolute Gasteiger partial charge is 0.481 e. The lowest BCUT2D eigenvalue weighted by molar-refractivity contribution is -0.136. The highest BCUT2D eigenvalue weighted by Crippen LogP contribution is 2.30. The van der Waals surface area contributed by atoms with Crippen molar-refractivity contribution in [1.29, 1.82) is 0 Å². The van der Waals surface area contributed by atoms with E-state index in [0.29, 0.717) is 3.57 Å². The first-order chi connectivity index (χ1) is 6.93. The Kier molecular flexibility index (Phi) is 3.77. The first-order valence-corrected chi connectivity index (χ1v) is 4.94. The van der Waals surface area contributed by atoms with Crippen molar-refractivity contribution in [3.8, 4) is 0 Å². The van der Waals surface area contributed by atoms with Gasteiger partial charge in [0.25, 0.3) is 6.43 Å². The minimum Gasteiger partial charge on any atom is -0.481 e. The summed E-state index contributed by atoms with van der Waals surface area (Å²) >= 11 is 1.77. The molecule has 0 saturated carbocycles. The number of nitrogens with two attached hydrogens (primary N) is 1. The molecule has 0 bridgehead atoms. The van der Waals surface area contributed by atoms with Gasteiger partial charge < -0.3 is 10.8 Å². The molecule has 0 saturated heterocycles. The molecule has 0 aliphatic heterocycles. The van der Waals surface area contributed by atoms with Crippen molar-refractivity contribution in [3.05, 3.63) is 21.0 Å². The van der Waals surface area contributed by atoms with Crippen LogP contribution in [0.15, 0.2) is 6.20 Å². The first-order valence-electron chi connectivity index (χ1n) is 3.86. The molecule has 1 aromatic heterocycles. The third kappa shape index (κ3) is 2.74. The number of hydrogen-bond acceptors (Lipinski definition) is 3. The summed E-state index contributed by atoms with van der Waals surface area (Å²) in [5.74, 6) is -1.22. The second kappa shape index (κ2) is 4.69. The van der Waals surface area contributed by atoms with Gasteiger partial charge in [-0.3, -0.25) is 9.78 Å². The second-order valence-electron chi connectivity index (χ2n) is 2.75. The summed E-state index contributed by atoms with van der Waals surface area (Å²) in [6.45, 7) is 0. The molecule has 0 spiro atoms. The number of aromatic nitrogens is 1. The highest BCUT2D eigenvalue weighted by atomic mass is 127. The first kappa shape index (κ1) is 12.1. The summed E-state index contributed by atoms with van der Waals surface area (Å²) < 4.78 is 25.6. The number of nitrogen functional groups attached to an aromatic ring is 1. The summed E-state index contributed by atoms with van der Waals surface area (Å²) in [6, 6.07) is 0. The maximum atomic E-state index is 12.6. The number of aliphatic carboxylic acids is 1. The minimum atomic E-state index is -2.82. The van der Waals surface area contributed by atoms with Gasteiger partial charge >= 0.3 is 5.97 Å². The van der Waals surface area contributed by atoms with Gasteiger partial charge in [0.15, 0.2) is 0 Å².